The Bertz CT molecular complexity index is 547. The largest absolute Gasteiger partial charge is 0.457 e. The van der Waals surface area contributed by atoms with Crippen molar-refractivity contribution in [3.05, 3.63) is 18.0 Å². The number of hydrogen-bond donors (Lipinski definition) is 1. The van der Waals surface area contributed by atoms with Gasteiger partial charge in [-0.1, -0.05) is 0 Å². The first kappa shape index (κ1) is 12.0. The molecule has 1 unspecified atom stereocenters. The van der Waals surface area contributed by atoms with E-state index in [1.807, 2.05) is 0 Å². The molecule has 1 aliphatic heterocycles. The van der Waals surface area contributed by atoms with Gasteiger partial charge >= 0.3 is 5.97 Å². The molecule has 0 saturated carbocycles. The summed E-state index contributed by atoms with van der Waals surface area (Å²) in [5, 5.41) is 0. The Morgan fingerprint density at radius 1 is 1.59 bits per heavy atom. The first-order chi connectivity index (χ1) is 7.87. The number of carbonyl (C=O) groups is 1. The molecule has 7 heteroatoms. The number of carbonyl (C=O) groups excluding carboxylic acids is 1. The van der Waals surface area contributed by atoms with Crippen molar-refractivity contribution < 1.29 is 17.9 Å². The number of esters is 1. The number of rotatable bonds is 2. The SMILES string of the molecule is Cn1cc(N)cc1C(=O)OC1CCS(=O)(=O)C1. The van der Waals surface area contributed by atoms with Crippen LogP contribution >= 0.6 is 0 Å². The zero-order chi connectivity index (χ0) is 12.6. The number of nitrogens with zero attached hydrogens (tertiary/aromatic N) is 1. The lowest BCUT2D eigenvalue weighted by molar-refractivity contribution is 0.0345. The highest BCUT2D eigenvalue weighted by Crippen LogP contribution is 2.17. The van der Waals surface area contributed by atoms with Crippen molar-refractivity contribution >= 4 is 21.5 Å². The van der Waals surface area contributed by atoms with Crippen LogP contribution in [0.2, 0.25) is 0 Å². The molecular formula is C10H14N2O4S. The molecule has 0 radical (unpaired) electrons. The highest BCUT2D eigenvalue weighted by atomic mass is 32.2. The summed E-state index contributed by atoms with van der Waals surface area (Å²) in [6, 6.07) is 1.51. The number of anilines is 1. The lowest BCUT2D eigenvalue weighted by Gasteiger charge is -2.10. The molecule has 1 aromatic rings. The maximum Gasteiger partial charge on any atom is 0.355 e. The van der Waals surface area contributed by atoms with Crippen LogP contribution in [-0.2, 0) is 21.6 Å². The topological polar surface area (TPSA) is 91.4 Å². The third-order valence-corrected chi connectivity index (χ3v) is 4.44. The maximum absolute atomic E-state index is 11.8. The van der Waals surface area contributed by atoms with Crippen molar-refractivity contribution in [1.29, 1.82) is 0 Å². The summed E-state index contributed by atoms with van der Waals surface area (Å²) >= 11 is 0. The fourth-order valence-electron chi connectivity index (χ4n) is 1.86. The summed E-state index contributed by atoms with van der Waals surface area (Å²) < 4.78 is 29.1. The van der Waals surface area contributed by atoms with Gasteiger partial charge in [0.05, 0.1) is 17.2 Å². The Morgan fingerprint density at radius 2 is 2.29 bits per heavy atom. The fraction of sp³-hybridized carbons (Fsp3) is 0.500. The van der Waals surface area contributed by atoms with Crippen LogP contribution in [0.3, 0.4) is 0 Å². The van der Waals surface area contributed by atoms with Gasteiger partial charge < -0.3 is 15.0 Å². The van der Waals surface area contributed by atoms with Gasteiger partial charge in [-0.3, -0.25) is 0 Å². The summed E-state index contributed by atoms with van der Waals surface area (Å²) in [5.74, 6) is -0.537. The number of ether oxygens (including phenoxy) is 1. The molecule has 17 heavy (non-hydrogen) atoms. The lowest BCUT2D eigenvalue weighted by Crippen LogP contribution is -2.20. The molecular weight excluding hydrogens is 244 g/mol. The molecule has 0 spiro atoms. The molecule has 1 aliphatic rings. The minimum Gasteiger partial charge on any atom is -0.457 e. The monoisotopic (exact) mass is 258 g/mol. The molecule has 1 saturated heterocycles. The number of aromatic nitrogens is 1. The van der Waals surface area contributed by atoms with Crippen molar-refractivity contribution in [3.63, 3.8) is 0 Å². The van der Waals surface area contributed by atoms with E-state index in [4.69, 9.17) is 10.5 Å². The molecule has 2 rings (SSSR count). The predicted octanol–water partition coefficient (Wildman–Crippen LogP) is -0.0488. The van der Waals surface area contributed by atoms with E-state index >= 15 is 0 Å². The molecule has 0 bridgehead atoms. The summed E-state index contributed by atoms with van der Waals surface area (Å²) in [4.78, 5) is 11.8. The highest BCUT2D eigenvalue weighted by Gasteiger charge is 2.31. The van der Waals surface area contributed by atoms with E-state index < -0.39 is 21.9 Å². The molecule has 0 aliphatic carbocycles. The van der Waals surface area contributed by atoms with Crippen molar-refractivity contribution in [2.75, 3.05) is 17.2 Å². The average Bonchev–Trinajstić information content (AvgIpc) is 2.69. The van der Waals surface area contributed by atoms with E-state index in [-0.39, 0.29) is 11.5 Å². The van der Waals surface area contributed by atoms with Crippen LogP contribution in [0.5, 0.6) is 0 Å². The van der Waals surface area contributed by atoms with Gasteiger partial charge in [-0.15, -0.1) is 0 Å². The minimum absolute atomic E-state index is 0.0836. The Kier molecular flexibility index (Phi) is 2.86. The molecule has 94 valence electrons. The molecule has 2 heterocycles. The smallest absolute Gasteiger partial charge is 0.355 e. The van der Waals surface area contributed by atoms with Crippen LogP contribution in [0.15, 0.2) is 12.3 Å². The summed E-state index contributed by atoms with van der Waals surface area (Å²) in [7, 11) is -1.36. The predicted molar refractivity (Wildman–Crippen MR) is 62.3 cm³/mol. The molecule has 1 fully saturated rings. The van der Waals surface area contributed by atoms with E-state index in [1.165, 1.54) is 6.07 Å². The third-order valence-electron chi connectivity index (χ3n) is 2.70. The van der Waals surface area contributed by atoms with Gasteiger partial charge in [-0.25, -0.2) is 13.2 Å². The Hall–Kier alpha value is -1.50. The van der Waals surface area contributed by atoms with Crippen molar-refractivity contribution in [1.82, 2.24) is 4.57 Å². The fourth-order valence-corrected chi connectivity index (χ4v) is 3.45. The van der Waals surface area contributed by atoms with Gasteiger partial charge in [-0.05, 0) is 12.5 Å². The van der Waals surface area contributed by atoms with E-state index in [0.29, 0.717) is 17.8 Å². The number of aryl methyl sites for hydroxylation is 1. The van der Waals surface area contributed by atoms with Crippen LogP contribution in [0.25, 0.3) is 0 Å². The number of hydrogen-bond acceptors (Lipinski definition) is 5. The van der Waals surface area contributed by atoms with Gasteiger partial charge in [0.15, 0.2) is 9.84 Å². The van der Waals surface area contributed by atoms with E-state index in [1.54, 1.807) is 17.8 Å². The molecule has 0 amide bonds. The second-order valence-electron chi connectivity index (χ2n) is 4.20. The Balaban J connectivity index is 2.06. The average molecular weight is 258 g/mol. The third kappa shape index (κ3) is 2.60. The van der Waals surface area contributed by atoms with E-state index in [2.05, 4.69) is 0 Å². The Labute approximate surface area is 99.3 Å². The first-order valence-corrected chi connectivity index (χ1v) is 7.03. The van der Waals surface area contributed by atoms with Crippen LogP contribution in [0.1, 0.15) is 16.9 Å². The number of sulfone groups is 1. The normalized spacial score (nSPS) is 22.5. The van der Waals surface area contributed by atoms with Crippen molar-refractivity contribution in [3.8, 4) is 0 Å². The van der Waals surface area contributed by atoms with Crippen LogP contribution in [0.4, 0.5) is 5.69 Å². The number of nitrogen functional groups attached to an aromatic ring is 1. The standard InChI is InChI=1S/C10H14N2O4S/c1-12-5-7(11)4-9(12)10(13)16-8-2-3-17(14,15)6-8/h4-5,8H,2-3,6,11H2,1H3. The van der Waals surface area contributed by atoms with Crippen molar-refractivity contribution in [2.45, 2.75) is 12.5 Å². The second kappa shape index (κ2) is 4.06. The first-order valence-electron chi connectivity index (χ1n) is 5.20. The maximum atomic E-state index is 11.8. The summed E-state index contributed by atoms with van der Waals surface area (Å²) in [5.41, 5.74) is 6.34. The lowest BCUT2D eigenvalue weighted by atomic mass is 10.3. The Morgan fingerprint density at radius 3 is 2.76 bits per heavy atom. The zero-order valence-corrected chi connectivity index (χ0v) is 10.2. The van der Waals surface area contributed by atoms with Gasteiger partial charge in [-0.2, -0.15) is 0 Å². The van der Waals surface area contributed by atoms with Gasteiger partial charge in [0.1, 0.15) is 11.8 Å². The number of nitrogens with two attached hydrogens (primary N) is 1. The van der Waals surface area contributed by atoms with Crippen LogP contribution in [0, 0.1) is 0 Å². The van der Waals surface area contributed by atoms with Gasteiger partial charge in [0.25, 0.3) is 0 Å². The molecule has 0 aromatic carbocycles. The van der Waals surface area contributed by atoms with E-state index in [0.717, 1.165) is 0 Å². The minimum atomic E-state index is -3.04. The van der Waals surface area contributed by atoms with E-state index in [9.17, 15) is 13.2 Å². The quantitative estimate of drug-likeness (QED) is 0.751. The molecule has 1 atom stereocenters. The summed E-state index contributed by atoms with van der Waals surface area (Å²) in [6.07, 6.45) is 1.43. The molecule has 6 nitrogen and oxygen atoms in total. The van der Waals surface area contributed by atoms with Gasteiger partial charge in [0, 0.05) is 13.2 Å². The highest BCUT2D eigenvalue weighted by molar-refractivity contribution is 7.91. The van der Waals surface area contributed by atoms with Gasteiger partial charge in [0.2, 0.25) is 0 Å². The zero-order valence-electron chi connectivity index (χ0n) is 9.42. The van der Waals surface area contributed by atoms with Crippen LogP contribution < -0.4 is 5.73 Å². The van der Waals surface area contributed by atoms with Crippen LogP contribution in [-0.4, -0.2) is 36.6 Å². The molecule has 1 aromatic heterocycles. The summed E-state index contributed by atoms with van der Waals surface area (Å²) in [6.45, 7) is 0. The van der Waals surface area contributed by atoms with Crippen molar-refractivity contribution in [2.24, 2.45) is 7.05 Å². The second-order valence-corrected chi connectivity index (χ2v) is 6.43. The molecule has 2 N–H and O–H groups in total.